The largest absolute Gasteiger partial charge is 0.490 e. The Labute approximate surface area is 500 Å². The predicted octanol–water partition coefficient (Wildman–Crippen LogP) is 1.48. The molecule has 3 rings (SSSR count). The van der Waals surface area contributed by atoms with Gasteiger partial charge in [-0.05, 0) is 57.8 Å². The van der Waals surface area contributed by atoms with Crippen LogP contribution in [0.1, 0.15) is 146 Å². The zero-order valence-corrected chi connectivity index (χ0v) is 51.3. The van der Waals surface area contributed by atoms with Crippen molar-refractivity contribution in [3.05, 3.63) is 62.4 Å². The molecule has 31 nitrogen and oxygen atoms in total. The van der Waals surface area contributed by atoms with Crippen LogP contribution in [0.15, 0.2) is 40.1 Å². The average Bonchev–Trinajstić information content (AvgIpc) is 2.51. The number of nitrogens with one attached hydrogen (secondary N) is 4. The molecule has 1 aliphatic heterocycles. The number of hydrogen-bond acceptors (Lipinski definition) is 22. The summed E-state index contributed by atoms with van der Waals surface area (Å²) in [5.41, 5.74) is -1.69. The molecule has 478 valence electrons. The summed E-state index contributed by atoms with van der Waals surface area (Å²) in [6.45, 7) is 4.15. The number of rotatable bonds is 40. The number of aromatic nitrogens is 2. The van der Waals surface area contributed by atoms with Gasteiger partial charge in [0, 0.05) is 67.2 Å². The van der Waals surface area contributed by atoms with Crippen LogP contribution in [0.4, 0.5) is 0 Å². The number of ether oxygens (including phenoxy) is 1. The van der Waals surface area contributed by atoms with Crippen LogP contribution in [0.5, 0.6) is 0 Å². The molecule has 8 unspecified atom stereocenters. The lowest BCUT2D eigenvalue weighted by Gasteiger charge is -2.26. The van der Waals surface area contributed by atoms with Crippen molar-refractivity contribution in [3.63, 3.8) is 0 Å². The number of carboxylic acids is 2. The molecule has 37 heteroatoms. The van der Waals surface area contributed by atoms with Crippen LogP contribution >= 0.6 is 45.1 Å². The molecule has 0 bridgehead atoms. The van der Waals surface area contributed by atoms with Crippen LogP contribution in [0, 0.1) is 17.8 Å². The number of aliphatic carboxylic acids is 2. The number of phosphoric acid groups is 3. The number of amides is 3. The molecule has 2 aromatic rings. The Bertz CT molecular complexity index is 3040. The number of nitrogens with zero attached hydrogens (tertiary/aromatic N) is 1. The highest BCUT2D eigenvalue weighted by molar-refractivity contribution is 8.77. The number of aromatic amines is 1. The molecule has 1 aliphatic rings. The van der Waals surface area contributed by atoms with Gasteiger partial charge in [-0.25, -0.2) is 18.5 Å². The molecular weight excluding hydrogens is 1240 g/mol. The van der Waals surface area contributed by atoms with Gasteiger partial charge in [0.2, 0.25) is 17.7 Å². The summed E-state index contributed by atoms with van der Waals surface area (Å²) in [5.74, 6) is -0.866. The lowest BCUT2D eigenvalue weighted by Crippen LogP contribution is -2.43. The van der Waals surface area contributed by atoms with Crippen LogP contribution in [0.3, 0.4) is 0 Å². The first-order valence-corrected chi connectivity index (χ1v) is 33.5. The third kappa shape index (κ3) is 28.8. The Kier molecular flexibility index (Phi) is 31.2. The van der Waals surface area contributed by atoms with Gasteiger partial charge in [-0.2, -0.15) is 8.62 Å². The van der Waals surface area contributed by atoms with Gasteiger partial charge in [-0.15, -0.1) is 0 Å². The number of phosphoric ester groups is 1. The Balaban J connectivity index is 1.52. The number of aliphatic hydroxyl groups is 1. The van der Waals surface area contributed by atoms with E-state index in [4.69, 9.17) is 14.5 Å². The Morgan fingerprint density at radius 2 is 1.45 bits per heavy atom. The first-order chi connectivity index (χ1) is 40.1. The monoisotopic (exact) mass is 1310 g/mol. The third-order valence-corrected chi connectivity index (χ3v) is 19.8. The van der Waals surface area contributed by atoms with Gasteiger partial charge in [-0.3, -0.25) is 57.2 Å². The van der Waals surface area contributed by atoms with E-state index in [9.17, 15) is 96.8 Å². The molecule has 0 spiro atoms. The molecule has 86 heavy (non-hydrogen) atoms. The maximum absolute atomic E-state index is 13.7. The summed E-state index contributed by atoms with van der Waals surface area (Å²) in [6, 6.07) is 3.38. The van der Waals surface area contributed by atoms with Gasteiger partial charge in [0.05, 0.1) is 43.7 Å². The molecular formula is C49H71BN5O26P3S2. The van der Waals surface area contributed by atoms with Crippen LogP contribution in [0.25, 0.3) is 0 Å². The fourth-order valence-corrected chi connectivity index (χ4v) is 13.7. The normalized spacial score (nSPS) is 17.5. The maximum atomic E-state index is 13.7. The second kappa shape index (κ2) is 35.7. The molecule has 1 fully saturated rings. The summed E-state index contributed by atoms with van der Waals surface area (Å²) in [4.78, 5) is 164. The van der Waals surface area contributed by atoms with E-state index in [1.807, 2.05) is 18.8 Å². The molecule has 0 radical (unpaired) electrons. The maximum Gasteiger partial charge on any atom is 0.490 e. The molecule has 1 saturated heterocycles. The predicted molar refractivity (Wildman–Crippen MR) is 308 cm³/mol. The number of hydrogen-bond donors (Lipinski definition) is 13. The minimum Gasteiger partial charge on any atom is -0.481 e. The third-order valence-electron chi connectivity index (χ3n) is 12.7. The second-order valence-electron chi connectivity index (χ2n) is 20.2. The van der Waals surface area contributed by atoms with Crippen LogP contribution < -0.4 is 32.7 Å². The molecule has 2 heterocycles. The van der Waals surface area contributed by atoms with Crippen molar-refractivity contribution >= 4 is 105 Å². The van der Waals surface area contributed by atoms with Crippen molar-refractivity contribution < 1.29 is 115 Å². The second-order valence-corrected chi connectivity index (χ2v) is 27.7. The van der Waals surface area contributed by atoms with Crippen molar-refractivity contribution in [2.45, 2.75) is 159 Å². The molecule has 3 amide bonds. The van der Waals surface area contributed by atoms with Gasteiger partial charge in [-0.1, -0.05) is 77.5 Å². The van der Waals surface area contributed by atoms with E-state index in [1.165, 1.54) is 45.9 Å². The summed E-state index contributed by atoms with van der Waals surface area (Å²) in [5, 5.41) is 55.5. The topological polar surface area (TPSA) is 498 Å². The van der Waals surface area contributed by atoms with E-state index >= 15 is 0 Å². The Morgan fingerprint density at radius 1 is 0.826 bits per heavy atom. The lowest BCUT2D eigenvalue weighted by molar-refractivity contribution is -0.144. The first-order valence-electron chi connectivity index (χ1n) is 26.7. The van der Waals surface area contributed by atoms with E-state index in [-0.39, 0.29) is 86.9 Å². The highest BCUT2D eigenvalue weighted by Gasteiger charge is 2.43. The number of aliphatic hydroxyl groups excluding tert-OH is 1. The van der Waals surface area contributed by atoms with Crippen molar-refractivity contribution in [1.82, 2.24) is 25.5 Å². The summed E-state index contributed by atoms with van der Waals surface area (Å²) in [6.07, 6.45) is -2.22. The highest BCUT2D eigenvalue weighted by atomic mass is 33.1. The number of ketones is 3. The van der Waals surface area contributed by atoms with E-state index in [1.54, 1.807) is 6.92 Å². The summed E-state index contributed by atoms with van der Waals surface area (Å²) in [7, 11) is -16.0. The summed E-state index contributed by atoms with van der Waals surface area (Å²) < 4.78 is 52.2. The molecule has 8 atom stereocenters. The van der Waals surface area contributed by atoms with Crippen LogP contribution in [-0.4, -0.2) is 157 Å². The number of benzene rings is 1. The van der Waals surface area contributed by atoms with Gasteiger partial charge in [0.15, 0.2) is 17.3 Å². The van der Waals surface area contributed by atoms with Gasteiger partial charge in [0.25, 0.3) is 5.56 Å². The highest BCUT2D eigenvalue weighted by Crippen LogP contribution is 2.66. The Hall–Kier alpha value is -5.17. The number of carboxylic acid groups (broad SMARTS) is 2. The fourth-order valence-electron chi connectivity index (χ4n) is 8.10. The number of unbranched alkanes of at least 4 members (excludes halogenated alkanes) is 3. The number of Topliss-reactive ketones (excluding diaryl/α,β-unsaturated/α-hetero) is 3. The smallest absolute Gasteiger partial charge is 0.481 e. The molecule has 0 aliphatic carbocycles. The van der Waals surface area contributed by atoms with E-state index < -0.39 is 138 Å². The van der Waals surface area contributed by atoms with Crippen molar-refractivity contribution in [1.29, 1.82) is 0 Å². The van der Waals surface area contributed by atoms with Crippen molar-refractivity contribution in [2.75, 3.05) is 18.9 Å². The van der Waals surface area contributed by atoms with Gasteiger partial charge < -0.3 is 65.6 Å². The van der Waals surface area contributed by atoms with E-state index in [0.717, 1.165) is 10.8 Å². The number of carbonyl (C=O) groups is 8. The van der Waals surface area contributed by atoms with Gasteiger partial charge >= 0.3 is 48.2 Å². The minimum atomic E-state index is -5.83. The molecule has 1 aromatic heterocycles. The standard InChI is InChI=1S/C49H71BN5O26P3S2/c1-4-30(47(66)67)25-38(58)35(26-45(63)64)53-42(61)14-8-6-5-7-12-37(57)34(52-43(62)15-9-13-36(56)31-16-18-33(19-17-31)50(69)70)20-22-49(2,3)86-85-24-21-41(60)51-23-10-11-32-28-55(48(68)54-46(32)65)44-27-39(59)40(79-44)29-78-83(74,75)81-84(76,77)80-82(71,72)73/h16-19,28,30,34-35,39-40,44,59,69-70H,4-9,12-15,20-27,29H2,1-3H3,(H,51,60)(H,52,62)(H,53,61)(H,63,64)(H,66,67)(H,74,75)(H,76,77)(H,54,65,68)(H2,71,72,73). The average molecular weight is 1310 g/mol. The SMILES string of the molecule is CCC(CC(=O)C(CC(=O)O)NC(=O)CCCCCCC(=O)C(CCC(C)(C)SSCCC(=O)NCC#Cc1cn(C2CC(O)C(COP(=O)(O)OP(=O)(O)OP(=O)(O)O)O2)c(=O)[nH]c1=O)NC(=O)CCCC(=O)c1ccc(B(O)O)cc1)C(=O)O. The molecule has 0 saturated carbocycles. The van der Waals surface area contributed by atoms with Gasteiger partial charge in [0.1, 0.15) is 17.9 Å². The van der Waals surface area contributed by atoms with Crippen LogP contribution in [-0.2, 0) is 65.1 Å². The van der Waals surface area contributed by atoms with E-state index in [0.29, 0.717) is 43.4 Å². The lowest BCUT2D eigenvalue weighted by atomic mass is 9.80. The Morgan fingerprint density at radius 3 is 2.06 bits per heavy atom. The summed E-state index contributed by atoms with van der Waals surface area (Å²) >= 11 is 0. The van der Waals surface area contributed by atoms with Crippen molar-refractivity contribution in [3.8, 4) is 11.8 Å². The molecule has 13 N–H and O–H groups in total. The number of carbonyl (C=O) groups excluding carboxylic acids is 6. The number of H-pyrrole nitrogens is 1. The van der Waals surface area contributed by atoms with E-state index in [2.05, 4.69) is 40.9 Å². The quantitative estimate of drug-likeness (QED) is 0.0112. The molecule has 1 aromatic carbocycles. The van der Waals surface area contributed by atoms with Crippen molar-refractivity contribution in [2.24, 2.45) is 5.92 Å². The fraction of sp³-hybridized carbons (Fsp3) is 0.592. The first kappa shape index (κ1) is 75.1. The van der Waals surface area contributed by atoms with Crippen LogP contribution in [0.2, 0.25) is 0 Å². The zero-order valence-electron chi connectivity index (χ0n) is 46.9. The zero-order chi connectivity index (χ0) is 64.6. The minimum absolute atomic E-state index is 0.000741.